The van der Waals surface area contributed by atoms with Crippen LogP contribution in [0.2, 0.25) is 0 Å². The highest BCUT2D eigenvalue weighted by Crippen LogP contribution is 2.18. The first-order valence-electron chi connectivity index (χ1n) is 4.11. The SMILES string of the molecule is CC(C)OC(=O)C(=O)NC1CC1. The normalized spacial score (nSPS) is 15.9. The van der Waals surface area contributed by atoms with Gasteiger partial charge in [0.05, 0.1) is 6.10 Å². The molecule has 0 saturated heterocycles. The zero-order valence-electron chi connectivity index (χ0n) is 7.29. The lowest BCUT2D eigenvalue weighted by Gasteiger charge is -2.06. The van der Waals surface area contributed by atoms with Crippen LogP contribution in [0.4, 0.5) is 0 Å². The van der Waals surface area contributed by atoms with Gasteiger partial charge in [-0.1, -0.05) is 0 Å². The second-order valence-corrected chi connectivity index (χ2v) is 3.20. The number of nitrogens with one attached hydrogen (secondary N) is 1. The fraction of sp³-hybridized carbons (Fsp3) is 0.750. The highest BCUT2D eigenvalue weighted by Gasteiger charge is 2.27. The highest BCUT2D eigenvalue weighted by atomic mass is 16.5. The zero-order chi connectivity index (χ0) is 9.14. The molecule has 0 aromatic carbocycles. The van der Waals surface area contributed by atoms with E-state index in [0.29, 0.717) is 0 Å². The van der Waals surface area contributed by atoms with Crippen LogP contribution in [0.25, 0.3) is 0 Å². The molecular formula is C8H13NO3. The first-order chi connectivity index (χ1) is 5.59. The van der Waals surface area contributed by atoms with E-state index in [4.69, 9.17) is 0 Å². The summed E-state index contributed by atoms with van der Waals surface area (Å²) in [5.74, 6) is -1.40. The van der Waals surface area contributed by atoms with Gasteiger partial charge >= 0.3 is 11.9 Å². The van der Waals surface area contributed by atoms with Crippen molar-refractivity contribution in [3.05, 3.63) is 0 Å². The van der Waals surface area contributed by atoms with Crippen molar-refractivity contribution >= 4 is 11.9 Å². The molecule has 0 spiro atoms. The summed E-state index contributed by atoms with van der Waals surface area (Å²) in [6.07, 6.45) is 1.71. The molecule has 0 aromatic heterocycles. The van der Waals surface area contributed by atoms with Gasteiger partial charge in [-0.3, -0.25) is 4.79 Å². The molecule has 12 heavy (non-hydrogen) atoms. The quantitative estimate of drug-likeness (QED) is 0.477. The lowest BCUT2D eigenvalue weighted by molar-refractivity contribution is -0.157. The molecule has 68 valence electrons. The molecule has 0 aliphatic heterocycles. The van der Waals surface area contributed by atoms with Crippen LogP contribution in [0.1, 0.15) is 26.7 Å². The Morgan fingerprint density at radius 3 is 2.42 bits per heavy atom. The minimum absolute atomic E-state index is 0.206. The van der Waals surface area contributed by atoms with E-state index in [2.05, 4.69) is 10.1 Å². The Morgan fingerprint density at radius 2 is 2.00 bits per heavy atom. The molecule has 0 bridgehead atoms. The molecule has 1 N–H and O–H groups in total. The molecule has 1 saturated carbocycles. The number of carbonyl (C=O) groups is 2. The number of ether oxygens (including phenoxy) is 1. The van der Waals surface area contributed by atoms with Crippen molar-refractivity contribution in [2.24, 2.45) is 0 Å². The Labute approximate surface area is 71.3 Å². The highest BCUT2D eigenvalue weighted by molar-refractivity contribution is 6.32. The Balaban J connectivity index is 2.25. The van der Waals surface area contributed by atoms with Gasteiger partial charge in [-0.2, -0.15) is 0 Å². The summed E-state index contributed by atoms with van der Waals surface area (Å²) in [4.78, 5) is 21.8. The summed E-state index contributed by atoms with van der Waals surface area (Å²) >= 11 is 0. The van der Waals surface area contributed by atoms with Crippen LogP contribution in [0.15, 0.2) is 0 Å². The van der Waals surface area contributed by atoms with Crippen LogP contribution < -0.4 is 5.32 Å². The van der Waals surface area contributed by atoms with Crippen LogP contribution in [-0.2, 0) is 14.3 Å². The maximum absolute atomic E-state index is 10.9. The number of rotatable bonds is 2. The molecule has 1 fully saturated rings. The minimum atomic E-state index is -0.781. The van der Waals surface area contributed by atoms with Crippen molar-refractivity contribution in [2.45, 2.75) is 38.8 Å². The molecule has 1 aliphatic rings. The smallest absolute Gasteiger partial charge is 0.397 e. The van der Waals surface area contributed by atoms with Crippen molar-refractivity contribution in [3.63, 3.8) is 0 Å². The summed E-state index contributed by atoms with van der Waals surface area (Å²) in [6.45, 7) is 3.42. The molecule has 1 amide bonds. The number of hydrogen-bond donors (Lipinski definition) is 1. The summed E-state index contributed by atoms with van der Waals surface area (Å²) in [6, 6.07) is 0.206. The van der Waals surface area contributed by atoms with Crippen LogP contribution in [-0.4, -0.2) is 24.0 Å². The molecule has 1 aliphatic carbocycles. The van der Waals surface area contributed by atoms with E-state index in [1.807, 2.05) is 0 Å². The fourth-order valence-electron chi connectivity index (χ4n) is 0.740. The molecular weight excluding hydrogens is 158 g/mol. The first kappa shape index (κ1) is 9.03. The Morgan fingerprint density at radius 1 is 1.42 bits per heavy atom. The van der Waals surface area contributed by atoms with Crippen molar-refractivity contribution in [2.75, 3.05) is 0 Å². The number of carbonyl (C=O) groups excluding carboxylic acids is 2. The van der Waals surface area contributed by atoms with Crippen molar-refractivity contribution < 1.29 is 14.3 Å². The molecule has 0 heterocycles. The topological polar surface area (TPSA) is 55.4 Å². The minimum Gasteiger partial charge on any atom is -0.456 e. The Hall–Kier alpha value is -1.06. The van der Waals surface area contributed by atoms with Gasteiger partial charge in [-0.15, -0.1) is 0 Å². The second kappa shape index (κ2) is 3.56. The van der Waals surface area contributed by atoms with Gasteiger partial charge in [-0.25, -0.2) is 4.79 Å². The maximum Gasteiger partial charge on any atom is 0.397 e. The molecule has 0 unspecified atom stereocenters. The van der Waals surface area contributed by atoms with Crippen molar-refractivity contribution in [1.82, 2.24) is 5.32 Å². The van der Waals surface area contributed by atoms with Gasteiger partial charge < -0.3 is 10.1 Å². The molecule has 0 aromatic rings. The second-order valence-electron chi connectivity index (χ2n) is 3.20. The van der Waals surface area contributed by atoms with Crippen LogP contribution in [0.3, 0.4) is 0 Å². The van der Waals surface area contributed by atoms with E-state index >= 15 is 0 Å². The molecule has 0 atom stereocenters. The monoisotopic (exact) mass is 171 g/mol. The molecule has 0 radical (unpaired) electrons. The lowest BCUT2D eigenvalue weighted by atomic mass is 10.5. The van der Waals surface area contributed by atoms with Gasteiger partial charge in [-0.05, 0) is 26.7 Å². The summed E-state index contributed by atoms with van der Waals surface area (Å²) in [7, 11) is 0. The van der Waals surface area contributed by atoms with E-state index in [1.54, 1.807) is 13.8 Å². The van der Waals surface area contributed by atoms with Crippen molar-refractivity contribution in [3.8, 4) is 0 Å². The third-order valence-corrected chi connectivity index (χ3v) is 1.44. The molecule has 1 rings (SSSR count). The van der Waals surface area contributed by atoms with Crippen LogP contribution in [0, 0.1) is 0 Å². The fourth-order valence-corrected chi connectivity index (χ4v) is 0.740. The molecule has 4 heteroatoms. The third-order valence-electron chi connectivity index (χ3n) is 1.44. The van der Waals surface area contributed by atoms with E-state index in [-0.39, 0.29) is 12.1 Å². The van der Waals surface area contributed by atoms with Crippen LogP contribution >= 0.6 is 0 Å². The predicted octanol–water partition coefficient (Wildman–Crippen LogP) is 0.217. The summed E-state index contributed by atoms with van der Waals surface area (Å²) in [5.41, 5.74) is 0. The van der Waals surface area contributed by atoms with Crippen molar-refractivity contribution in [1.29, 1.82) is 0 Å². The molecule has 4 nitrogen and oxygen atoms in total. The first-order valence-corrected chi connectivity index (χ1v) is 4.11. The number of hydrogen-bond acceptors (Lipinski definition) is 3. The third kappa shape index (κ3) is 2.90. The number of esters is 1. The van der Waals surface area contributed by atoms with Gasteiger partial charge in [0.2, 0.25) is 0 Å². The van der Waals surface area contributed by atoms with Gasteiger partial charge in [0.15, 0.2) is 0 Å². The van der Waals surface area contributed by atoms with E-state index < -0.39 is 11.9 Å². The summed E-state index contributed by atoms with van der Waals surface area (Å²) in [5, 5.41) is 2.55. The maximum atomic E-state index is 10.9. The van der Waals surface area contributed by atoms with E-state index in [0.717, 1.165) is 12.8 Å². The average Bonchev–Trinajstić information content (AvgIpc) is 2.70. The van der Waals surface area contributed by atoms with E-state index in [1.165, 1.54) is 0 Å². The average molecular weight is 171 g/mol. The number of amides is 1. The Kier molecular flexibility index (Phi) is 2.68. The van der Waals surface area contributed by atoms with Gasteiger partial charge in [0, 0.05) is 6.04 Å². The van der Waals surface area contributed by atoms with Gasteiger partial charge in [0.25, 0.3) is 0 Å². The zero-order valence-corrected chi connectivity index (χ0v) is 7.29. The van der Waals surface area contributed by atoms with Crippen LogP contribution in [0.5, 0.6) is 0 Å². The largest absolute Gasteiger partial charge is 0.456 e. The van der Waals surface area contributed by atoms with Gasteiger partial charge in [0.1, 0.15) is 0 Å². The Bertz CT molecular complexity index is 182. The van der Waals surface area contributed by atoms with E-state index in [9.17, 15) is 9.59 Å². The predicted molar refractivity (Wildman–Crippen MR) is 42.4 cm³/mol. The summed E-state index contributed by atoms with van der Waals surface area (Å²) < 4.78 is 4.69. The lowest BCUT2D eigenvalue weighted by Crippen LogP contribution is -2.35. The standard InChI is InChI=1S/C8H13NO3/c1-5(2)12-8(11)7(10)9-6-3-4-6/h5-6H,3-4H2,1-2H3,(H,9,10).